The first kappa shape index (κ1) is 23.1. The number of likely N-dealkylation sites (tertiary alicyclic amines) is 1. The topological polar surface area (TPSA) is 94.2 Å². The lowest BCUT2D eigenvalue weighted by molar-refractivity contribution is -0.145. The molecule has 0 unspecified atom stereocenters. The number of benzene rings is 2. The van der Waals surface area contributed by atoms with Crippen molar-refractivity contribution in [1.82, 2.24) is 10.2 Å². The van der Waals surface area contributed by atoms with Crippen LogP contribution in [0.1, 0.15) is 24.0 Å². The van der Waals surface area contributed by atoms with Gasteiger partial charge in [-0.3, -0.25) is 9.69 Å². The van der Waals surface area contributed by atoms with Gasteiger partial charge in [-0.15, -0.1) is 0 Å². The second-order valence-electron chi connectivity index (χ2n) is 7.53. The first-order valence-electron chi connectivity index (χ1n) is 10.5. The van der Waals surface area contributed by atoms with Crippen molar-refractivity contribution in [3.8, 4) is 5.75 Å². The van der Waals surface area contributed by atoms with Crippen molar-refractivity contribution >= 4 is 18.0 Å². The van der Waals surface area contributed by atoms with E-state index in [1.807, 2.05) is 42.5 Å². The van der Waals surface area contributed by atoms with Crippen LogP contribution in [0.4, 0.5) is 4.79 Å². The highest BCUT2D eigenvalue weighted by molar-refractivity contribution is 5.90. The maximum Gasteiger partial charge on any atom is 0.410 e. The summed E-state index contributed by atoms with van der Waals surface area (Å²) < 4.78 is 15.5. The molecule has 1 N–H and O–H groups in total. The molecule has 32 heavy (non-hydrogen) atoms. The Labute approximate surface area is 187 Å². The van der Waals surface area contributed by atoms with Gasteiger partial charge in [0.05, 0.1) is 14.2 Å². The van der Waals surface area contributed by atoms with Gasteiger partial charge in [-0.1, -0.05) is 42.5 Å². The van der Waals surface area contributed by atoms with Crippen molar-refractivity contribution in [2.75, 3.05) is 20.8 Å². The van der Waals surface area contributed by atoms with Crippen molar-refractivity contribution in [3.63, 3.8) is 0 Å². The second-order valence-corrected chi connectivity index (χ2v) is 7.53. The summed E-state index contributed by atoms with van der Waals surface area (Å²) in [5.41, 5.74) is 1.68. The van der Waals surface area contributed by atoms with Gasteiger partial charge in [-0.2, -0.15) is 0 Å². The summed E-state index contributed by atoms with van der Waals surface area (Å²) in [6.45, 7) is 0.551. The minimum atomic E-state index is -0.887. The molecule has 1 heterocycles. The number of amides is 2. The fraction of sp³-hybridized carbons (Fsp3) is 0.375. The molecule has 8 heteroatoms. The van der Waals surface area contributed by atoms with Crippen LogP contribution in [-0.4, -0.2) is 55.7 Å². The molecule has 2 atom stereocenters. The monoisotopic (exact) mass is 440 g/mol. The standard InChI is InChI=1S/C24H28N2O6/c1-30-19-11-6-10-18(14-19)15-20(23(28)31-2)25-22(27)21-12-7-13-26(21)24(29)32-16-17-8-4-3-5-9-17/h3-6,8-11,14,20-21H,7,12-13,15-16H2,1-2H3,(H,25,27)/t20-,21+/m0/s1. The van der Waals surface area contributed by atoms with E-state index in [9.17, 15) is 14.4 Å². The van der Waals surface area contributed by atoms with Crippen LogP contribution in [0.3, 0.4) is 0 Å². The highest BCUT2D eigenvalue weighted by atomic mass is 16.6. The number of hydrogen-bond acceptors (Lipinski definition) is 6. The summed E-state index contributed by atoms with van der Waals surface area (Å²) in [5.74, 6) is -0.310. The first-order valence-corrected chi connectivity index (χ1v) is 10.5. The van der Waals surface area contributed by atoms with Crippen molar-refractivity contribution in [2.45, 2.75) is 38.0 Å². The van der Waals surface area contributed by atoms with Crippen LogP contribution < -0.4 is 10.1 Å². The molecule has 1 fully saturated rings. The van der Waals surface area contributed by atoms with E-state index < -0.39 is 30.1 Å². The minimum absolute atomic E-state index is 0.130. The molecular weight excluding hydrogens is 412 g/mol. The van der Waals surface area contributed by atoms with Crippen LogP contribution in [0.25, 0.3) is 0 Å². The largest absolute Gasteiger partial charge is 0.497 e. The number of rotatable bonds is 8. The second kappa shape index (κ2) is 11.2. The van der Waals surface area contributed by atoms with Crippen LogP contribution in [-0.2, 0) is 32.1 Å². The highest BCUT2D eigenvalue weighted by Crippen LogP contribution is 2.20. The lowest BCUT2D eigenvalue weighted by Crippen LogP contribution is -2.51. The normalized spacial score (nSPS) is 16.2. The number of ether oxygens (including phenoxy) is 3. The Morgan fingerprint density at radius 2 is 1.81 bits per heavy atom. The molecule has 0 bridgehead atoms. The zero-order chi connectivity index (χ0) is 22.9. The van der Waals surface area contributed by atoms with Crippen LogP contribution in [0.2, 0.25) is 0 Å². The Balaban J connectivity index is 1.63. The number of esters is 1. The predicted octanol–water partition coefficient (Wildman–Crippen LogP) is 2.70. The molecule has 170 valence electrons. The smallest absolute Gasteiger partial charge is 0.410 e. The number of methoxy groups -OCH3 is 2. The van der Waals surface area contributed by atoms with E-state index in [1.54, 1.807) is 19.2 Å². The average molecular weight is 440 g/mol. The summed E-state index contributed by atoms with van der Waals surface area (Å²) in [6, 6.07) is 15.0. The van der Waals surface area contributed by atoms with E-state index >= 15 is 0 Å². The molecule has 1 aliphatic rings. The molecule has 1 aliphatic heterocycles. The SMILES string of the molecule is COC(=O)[C@H](Cc1cccc(OC)c1)NC(=O)[C@H]1CCCN1C(=O)OCc1ccccc1. The van der Waals surface area contributed by atoms with E-state index in [0.717, 1.165) is 11.1 Å². The van der Waals surface area contributed by atoms with Gasteiger partial charge in [0, 0.05) is 13.0 Å². The van der Waals surface area contributed by atoms with Gasteiger partial charge in [-0.25, -0.2) is 9.59 Å². The first-order chi connectivity index (χ1) is 15.5. The molecule has 0 spiro atoms. The molecule has 0 aromatic heterocycles. The van der Waals surface area contributed by atoms with E-state index in [0.29, 0.717) is 25.1 Å². The van der Waals surface area contributed by atoms with Gasteiger partial charge in [0.2, 0.25) is 5.91 Å². The van der Waals surface area contributed by atoms with Crippen molar-refractivity contribution in [1.29, 1.82) is 0 Å². The number of nitrogens with one attached hydrogen (secondary N) is 1. The third-order valence-corrected chi connectivity index (χ3v) is 5.37. The minimum Gasteiger partial charge on any atom is -0.497 e. The summed E-state index contributed by atoms with van der Waals surface area (Å²) in [6.07, 6.45) is 0.867. The van der Waals surface area contributed by atoms with E-state index in [2.05, 4.69) is 5.32 Å². The molecule has 0 radical (unpaired) electrons. The Morgan fingerprint density at radius 3 is 2.53 bits per heavy atom. The average Bonchev–Trinajstić information content (AvgIpc) is 3.32. The van der Waals surface area contributed by atoms with E-state index in [1.165, 1.54) is 12.0 Å². The van der Waals surface area contributed by atoms with Crippen molar-refractivity contribution in [2.24, 2.45) is 0 Å². The maximum atomic E-state index is 13.0. The zero-order valence-corrected chi connectivity index (χ0v) is 18.3. The third kappa shape index (κ3) is 6.00. The molecule has 2 amide bonds. The quantitative estimate of drug-likeness (QED) is 0.635. The summed E-state index contributed by atoms with van der Waals surface area (Å²) in [7, 11) is 2.83. The van der Waals surface area contributed by atoms with E-state index in [4.69, 9.17) is 14.2 Å². The highest BCUT2D eigenvalue weighted by Gasteiger charge is 2.37. The Bertz CT molecular complexity index is 933. The summed E-state index contributed by atoms with van der Waals surface area (Å²) in [5, 5.41) is 2.75. The number of hydrogen-bond donors (Lipinski definition) is 1. The van der Waals surface area contributed by atoms with E-state index in [-0.39, 0.29) is 13.0 Å². The molecule has 2 aromatic carbocycles. The maximum absolute atomic E-state index is 13.0. The van der Waals surface area contributed by atoms with Gasteiger partial charge >= 0.3 is 12.1 Å². The summed E-state index contributed by atoms with van der Waals surface area (Å²) in [4.78, 5) is 39.3. The molecule has 8 nitrogen and oxygen atoms in total. The van der Waals surface area contributed by atoms with Crippen molar-refractivity contribution in [3.05, 3.63) is 65.7 Å². The van der Waals surface area contributed by atoms with Gasteiger partial charge in [0.15, 0.2) is 0 Å². The summed E-state index contributed by atoms with van der Waals surface area (Å²) >= 11 is 0. The van der Waals surface area contributed by atoms with Crippen molar-refractivity contribution < 1.29 is 28.6 Å². The zero-order valence-electron chi connectivity index (χ0n) is 18.3. The number of carbonyl (C=O) groups excluding carboxylic acids is 3. The lowest BCUT2D eigenvalue weighted by atomic mass is 10.0. The molecule has 3 rings (SSSR count). The molecule has 1 saturated heterocycles. The van der Waals surface area contributed by atoms with Crippen LogP contribution in [0.15, 0.2) is 54.6 Å². The third-order valence-electron chi connectivity index (χ3n) is 5.37. The number of carbonyl (C=O) groups is 3. The molecule has 2 aromatic rings. The van der Waals surface area contributed by atoms with Gasteiger partial charge in [-0.05, 0) is 36.1 Å². The predicted molar refractivity (Wildman–Crippen MR) is 117 cm³/mol. The Hall–Kier alpha value is -3.55. The Kier molecular flexibility index (Phi) is 8.08. The molecule has 0 saturated carbocycles. The van der Waals surface area contributed by atoms with Gasteiger partial charge in [0.25, 0.3) is 0 Å². The fourth-order valence-corrected chi connectivity index (χ4v) is 3.70. The lowest BCUT2D eigenvalue weighted by Gasteiger charge is -2.25. The van der Waals surface area contributed by atoms with Gasteiger partial charge < -0.3 is 19.5 Å². The fourth-order valence-electron chi connectivity index (χ4n) is 3.70. The van der Waals surface area contributed by atoms with Gasteiger partial charge in [0.1, 0.15) is 24.4 Å². The number of nitrogens with zero attached hydrogens (tertiary/aromatic N) is 1. The van der Waals surface area contributed by atoms with Crippen LogP contribution in [0, 0.1) is 0 Å². The molecule has 0 aliphatic carbocycles. The van der Waals surface area contributed by atoms with Crippen LogP contribution >= 0.6 is 0 Å². The Morgan fingerprint density at radius 1 is 1.06 bits per heavy atom. The molecular formula is C24H28N2O6. The van der Waals surface area contributed by atoms with Crippen LogP contribution in [0.5, 0.6) is 5.75 Å².